The Kier molecular flexibility index (Phi) is 4.79. The molecule has 0 saturated carbocycles. The van der Waals surface area contributed by atoms with Crippen LogP contribution in [0, 0.1) is 5.92 Å². The summed E-state index contributed by atoms with van der Waals surface area (Å²) < 4.78 is 2.26. The first-order valence-electron chi connectivity index (χ1n) is 7.71. The smallest absolute Gasteiger partial charge is 0.139 e. The van der Waals surface area contributed by atoms with Crippen molar-refractivity contribution in [3.8, 4) is 0 Å². The number of fused-ring (bicyclic) bond motifs is 1. The van der Waals surface area contributed by atoms with Gasteiger partial charge in [0.2, 0.25) is 0 Å². The molecule has 1 aromatic carbocycles. The summed E-state index contributed by atoms with van der Waals surface area (Å²) in [6, 6.07) is 9.56. The fourth-order valence-electron chi connectivity index (χ4n) is 2.55. The first kappa shape index (κ1) is 16.2. The van der Waals surface area contributed by atoms with Gasteiger partial charge < -0.3 is 9.88 Å². The highest BCUT2D eigenvalue weighted by atomic mass is 35.5. The van der Waals surface area contributed by atoms with E-state index in [2.05, 4.69) is 41.0 Å². The monoisotopic (exact) mass is 347 g/mol. The molecule has 23 heavy (non-hydrogen) atoms. The molecule has 0 saturated heterocycles. The SMILES string of the molecule is CC(C)CCn1ccc2c(Nc3c(Cl)cccc3Cl)nccc21. The molecule has 0 unspecified atom stereocenters. The Morgan fingerprint density at radius 3 is 2.57 bits per heavy atom. The Bertz CT molecular complexity index is 804. The average molecular weight is 348 g/mol. The quantitative estimate of drug-likeness (QED) is 0.601. The summed E-state index contributed by atoms with van der Waals surface area (Å²) in [5.41, 5.74) is 1.84. The summed E-state index contributed by atoms with van der Waals surface area (Å²) in [6.45, 7) is 5.47. The number of hydrogen-bond acceptors (Lipinski definition) is 2. The highest BCUT2D eigenvalue weighted by Crippen LogP contribution is 2.34. The van der Waals surface area contributed by atoms with E-state index in [1.54, 1.807) is 6.20 Å². The molecule has 3 rings (SSSR count). The third kappa shape index (κ3) is 3.46. The van der Waals surface area contributed by atoms with Crippen LogP contribution in [0.1, 0.15) is 20.3 Å². The van der Waals surface area contributed by atoms with E-state index in [-0.39, 0.29) is 0 Å². The van der Waals surface area contributed by atoms with Gasteiger partial charge in [0, 0.05) is 24.3 Å². The van der Waals surface area contributed by atoms with Crippen molar-refractivity contribution < 1.29 is 0 Å². The molecule has 0 spiro atoms. The molecular formula is C18H19Cl2N3. The van der Waals surface area contributed by atoms with Gasteiger partial charge in [-0.15, -0.1) is 0 Å². The lowest BCUT2D eigenvalue weighted by Gasteiger charge is -2.11. The first-order valence-corrected chi connectivity index (χ1v) is 8.46. The van der Waals surface area contributed by atoms with Crippen molar-refractivity contribution >= 4 is 45.6 Å². The fourth-order valence-corrected chi connectivity index (χ4v) is 3.04. The maximum Gasteiger partial charge on any atom is 0.139 e. The second-order valence-corrected chi connectivity index (χ2v) is 6.82. The van der Waals surface area contributed by atoms with Crippen LogP contribution in [0.5, 0.6) is 0 Å². The number of rotatable bonds is 5. The maximum absolute atomic E-state index is 6.24. The van der Waals surface area contributed by atoms with E-state index in [0.717, 1.165) is 29.7 Å². The Morgan fingerprint density at radius 2 is 1.87 bits per heavy atom. The number of aromatic nitrogens is 2. The lowest BCUT2D eigenvalue weighted by Crippen LogP contribution is -2.00. The van der Waals surface area contributed by atoms with Crippen molar-refractivity contribution in [2.75, 3.05) is 5.32 Å². The number of anilines is 2. The van der Waals surface area contributed by atoms with Crippen LogP contribution in [-0.2, 0) is 6.54 Å². The van der Waals surface area contributed by atoms with Crippen LogP contribution in [0.4, 0.5) is 11.5 Å². The first-order chi connectivity index (χ1) is 11.1. The van der Waals surface area contributed by atoms with Crippen molar-refractivity contribution in [2.45, 2.75) is 26.8 Å². The van der Waals surface area contributed by atoms with Gasteiger partial charge in [0.25, 0.3) is 0 Å². The summed E-state index contributed by atoms with van der Waals surface area (Å²) in [4.78, 5) is 4.45. The molecule has 2 aromatic heterocycles. The summed E-state index contributed by atoms with van der Waals surface area (Å²) in [7, 11) is 0. The third-order valence-electron chi connectivity index (χ3n) is 3.85. The Hall–Kier alpha value is -1.71. The van der Waals surface area contributed by atoms with Crippen LogP contribution in [-0.4, -0.2) is 9.55 Å². The van der Waals surface area contributed by atoms with E-state index < -0.39 is 0 Å². The zero-order valence-electron chi connectivity index (χ0n) is 13.2. The largest absolute Gasteiger partial charge is 0.347 e. The minimum Gasteiger partial charge on any atom is -0.347 e. The fraction of sp³-hybridized carbons (Fsp3) is 0.278. The molecule has 1 N–H and O–H groups in total. The van der Waals surface area contributed by atoms with Crippen molar-refractivity contribution in [2.24, 2.45) is 5.92 Å². The topological polar surface area (TPSA) is 29.9 Å². The van der Waals surface area contributed by atoms with E-state index in [4.69, 9.17) is 23.2 Å². The Labute approximate surface area is 146 Å². The van der Waals surface area contributed by atoms with Crippen LogP contribution < -0.4 is 5.32 Å². The Balaban J connectivity index is 1.96. The molecular weight excluding hydrogens is 329 g/mol. The van der Waals surface area contributed by atoms with E-state index in [9.17, 15) is 0 Å². The predicted octanol–water partition coefficient (Wildman–Crippen LogP) is 6.13. The second kappa shape index (κ2) is 6.81. The van der Waals surface area contributed by atoms with Crippen molar-refractivity contribution in [1.82, 2.24) is 9.55 Å². The van der Waals surface area contributed by atoms with E-state index in [1.165, 1.54) is 0 Å². The van der Waals surface area contributed by atoms with Crippen molar-refractivity contribution in [3.63, 3.8) is 0 Å². The van der Waals surface area contributed by atoms with E-state index in [1.807, 2.05) is 24.3 Å². The lowest BCUT2D eigenvalue weighted by molar-refractivity contribution is 0.524. The summed E-state index contributed by atoms with van der Waals surface area (Å²) >= 11 is 12.5. The van der Waals surface area contributed by atoms with Gasteiger partial charge in [-0.2, -0.15) is 0 Å². The molecule has 3 aromatic rings. The van der Waals surface area contributed by atoms with Gasteiger partial charge in [-0.3, -0.25) is 0 Å². The molecule has 0 amide bonds. The highest BCUT2D eigenvalue weighted by Gasteiger charge is 2.11. The molecule has 120 valence electrons. The van der Waals surface area contributed by atoms with Gasteiger partial charge in [-0.25, -0.2) is 4.98 Å². The lowest BCUT2D eigenvalue weighted by atomic mass is 10.1. The number of halogens is 2. The standard InChI is InChI=1S/C18H19Cl2N3/c1-12(2)7-10-23-11-8-13-16(23)6-9-21-18(13)22-17-14(19)4-3-5-15(17)20/h3-6,8-9,11-12H,7,10H2,1-2H3,(H,21,22). The Morgan fingerprint density at radius 1 is 1.13 bits per heavy atom. The summed E-state index contributed by atoms with van der Waals surface area (Å²) in [6.07, 6.45) is 5.06. The van der Waals surface area contributed by atoms with Crippen LogP contribution >= 0.6 is 23.2 Å². The van der Waals surface area contributed by atoms with Crippen LogP contribution in [0.15, 0.2) is 42.7 Å². The molecule has 0 atom stereocenters. The minimum atomic E-state index is 0.579. The number of aryl methyl sites for hydroxylation is 1. The van der Waals surface area contributed by atoms with E-state index >= 15 is 0 Å². The molecule has 0 aliphatic carbocycles. The molecule has 0 aliphatic heterocycles. The predicted molar refractivity (Wildman–Crippen MR) is 98.9 cm³/mol. The number of nitrogens with zero attached hydrogens (tertiary/aromatic N) is 2. The van der Waals surface area contributed by atoms with Gasteiger partial charge in [0.1, 0.15) is 5.82 Å². The van der Waals surface area contributed by atoms with Crippen LogP contribution in [0.3, 0.4) is 0 Å². The molecule has 0 bridgehead atoms. The highest BCUT2D eigenvalue weighted by molar-refractivity contribution is 6.39. The number of nitrogens with one attached hydrogen (secondary N) is 1. The zero-order valence-corrected chi connectivity index (χ0v) is 14.7. The van der Waals surface area contributed by atoms with Crippen LogP contribution in [0.25, 0.3) is 10.9 Å². The number of benzene rings is 1. The number of pyridine rings is 1. The molecule has 0 fully saturated rings. The van der Waals surface area contributed by atoms with Crippen LogP contribution in [0.2, 0.25) is 10.0 Å². The van der Waals surface area contributed by atoms with Gasteiger partial charge in [-0.1, -0.05) is 43.1 Å². The molecule has 2 heterocycles. The summed E-state index contributed by atoms with van der Waals surface area (Å²) in [5, 5.41) is 5.49. The van der Waals surface area contributed by atoms with E-state index in [0.29, 0.717) is 21.7 Å². The van der Waals surface area contributed by atoms with Crippen molar-refractivity contribution in [3.05, 3.63) is 52.8 Å². The van der Waals surface area contributed by atoms with Gasteiger partial charge in [0.05, 0.1) is 21.2 Å². The zero-order chi connectivity index (χ0) is 16.4. The van der Waals surface area contributed by atoms with Crippen molar-refractivity contribution in [1.29, 1.82) is 0 Å². The maximum atomic E-state index is 6.24. The molecule has 0 aliphatic rings. The molecule has 3 nitrogen and oxygen atoms in total. The number of hydrogen-bond donors (Lipinski definition) is 1. The molecule has 0 radical (unpaired) electrons. The second-order valence-electron chi connectivity index (χ2n) is 6.01. The van der Waals surface area contributed by atoms with Gasteiger partial charge in [-0.05, 0) is 36.6 Å². The number of para-hydroxylation sites is 1. The minimum absolute atomic E-state index is 0.579. The third-order valence-corrected chi connectivity index (χ3v) is 4.48. The average Bonchev–Trinajstić information content (AvgIpc) is 2.93. The van der Waals surface area contributed by atoms with Gasteiger partial charge >= 0.3 is 0 Å². The normalized spacial score (nSPS) is 11.3. The molecule has 5 heteroatoms. The summed E-state index contributed by atoms with van der Waals surface area (Å²) in [5.74, 6) is 1.44. The van der Waals surface area contributed by atoms with Gasteiger partial charge in [0.15, 0.2) is 0 Å².